The van der Waals surface area contributed by atoms with Gasteiger partial charge in [-0.15, -0.1) is 0 Å². The predicted molar refractivity (Wildman–Crippen MR) is 67.4 cm³/mol. The summed E-state index contributed by atoms with van der Waals surface area (Å²) in [5.74, 6) is -1.32. The van der Waals surface area contributed by atoms with Crippen molar-refractivity contribution in [2.24, 2.45) is 7.05 Å². The number of hydrogen-bond acceptors (Lipinski definition) is 2. The maximum atomic E-state index is 12.9. The third-order valence-corrected chi connectivity index (χ3v) is 2.80. The van der Waals surface area contributed by atoms with Crippen LogP contribution in [-0.4, -0.2) is 16.8 Å². The molecular weight excluding hydrogens is 314 g/mol. The first-order chi connectivity index (χ1) is 9.27. The Kier molecular flexibility index (Phi) is 6.48. The van der Waals surface area contributed by atoms with Crippen LogP contribution in [0.5, 0.6) is 5.75 Å². The van der Waals surface area contributed by atoms with Crippen LogP contribution < -0.4 is 61.6 Å². The molecular formula is C12H12BF4KN2O. The second-order valence-corrected chi connectivity index (χ2v) is 4.45. The first kappa shape index (κ1) is 18.7. The molecule has 0 amide bonds. The molecule has 0 N–H and O–H groups in total. The molecule has 0 unspecified atom stereocenters. The van der Waals surface area contributed by atoms with E-state index in [1.165, 1.54) is 4.68 Å². The molecule has 1 heterocycles. The number of ether oxygens (including phenoxy) is 1. The van der Waals surface area contributed by atoms with Crippen LogP contribution in [0.2, 0.25) is 0 Å². The Hall–Kier alpha value is -0.349. The van der Waals surface area contributed by atoms with Gasteiger partial charge in [0.15, 0.2) is 0 Å². The molecule has 9 heteroatoms. The normalized spacial score (nSPS) is 11.1. The average Bonchev–Trinajstić information content (AvgIpc) is 2.65. The summed E-state index contributed by atoms with van der Waals surface area (Å²) in [6, 6.07) is 4.09. The van der Waals surface area contributed by atoms with Crippen molar-refractivity contribution < 1.29 is 73.5 Å². The molecule has 3 nitrogen and oxygen atoms in total. The minimum atomic E-state index is -5.33. The van der Waals surface area contributed by atoms with E-state index in [9.17, 15) is 17.3 Å². The van der Waals surface area contributed by atoms with Gasteiger partial charge in [0.1, 0.15) is 12.4 Å². The third kappa shape index (κ3) is 4.82. The second kappa shape index (κ2) is 7.28. The van der Waals surface area contributed by atoms with E-state index in [-0.39, 0.29) is 63.7 Å². The first-order valence-electron chi connectivity index (χ1n) is 5.89. The van der Waals surface area contributed by atoms with Gasteiger partial charge in [-0.3, -0.25) is 4.68 Å². The van der Waals surface area contributed by atoms with Gasteiger partial charge in [0.2, 0.25) is 0 Å². The summed E-state index contributed by atoms with van der Waals surface area (Å²) in [5.41, 5.74) is 0.307. The summed E-state index contributed by atoms with van der Waals surface area (Å²) in [7, 11) is 1.67. The van der Waals surface area contributed by atoms with Crippen molar-refractivity contribution in [3.63, 3.8) is 0 Å². The smallest absolute Gasteiger partial charge is 0.490 e. The molecule has 0 bridgehead atoms. The van der Waals surface area contributed by atoms with Crippen molar-refractivity contribution in [2.45, 2.75) is 13.5 Å². The maximum Gasteiger partial charge on any atom is 1.00 e. The van der Waals surface area contributed by atoms with Crippen LogP contribution in [-0.2, 0) is 13.7 Å². The number of nitrogens with zero attached hydrogens (tertiary/aromatic N) is 2. The van der Waals surface area contributed by atoms with Gasteiger partial charge in [-0.25, -0.2) is 4.39 Å². The molecule has 0 saturated carbocycles. The van der Waals surface area contributed by atoms with Gasteiger partial charge in [0.25, 0.3) is 0 Å². The Bertz CT molecular complexity index is 630. The average molecular weight is 326 g/mol. The zero-order valence-corrected chi connectivity index (χ0v) is 15.0. The molecule has 2 aromatic rings. The number of benzene rings is 1. The van der Waals surface area contributed by atoms with Crippen LogP contribution in [0.25, 0.3) is 0 Å². The van der Waals surface area contributed by atoms with Crippen LogP contribution in [0.15, 0.2) is 24.3 Å². The van der Waals surface area contributed by atoms with Gasteiger partial charge in [0, 0.05) is 7.05 Å². The van der Waals surface area contributed by atoms with E-state index in [1.807, 2.05) is 0 Å². The van der Waals surface area contributed by atoms with E-state index in [4.69, 9.17) is 4.74 Å². The summed E-state index contributed by atoms with van der Waals surface area (Å²) in [6.45, 7) is -3.63. The number of rotatable bonds is 4. The zero-order valence-electron chi connectivity index (χ0n) is 11.9. The minimum absolute atomic E-state index is 0. The SMILES string of the molecule is Cc1cc(COc2ccc(F)cc2[B-](F)(F)F)n(C)n1.[K+]. The van der Waals surface area contributed by atoms with Gasteiger partial charge >= 0.3 is 58.4 Å². The van der Waals surface area contributed by atoms with Crippen molar-refractivity contribution in [1.29, 1.82) is 0 Å². The van der Waals surface area contributed by atoms with Gasteiger partial charge in [0.05, 0.1) is 17.1 Å². The fraction of sp³-hybridized carbons (Fsp3) is 0.250. The molecule has 21 heavy (non-hydrogen) atoms. The largest absolute Gasteiger partial charge is 1.00 e. The Morgan fingerprint density at radius 1 is 1.24 bits per heavy atom. The molecule has 0 saturated heterocycles. The molecule has 1 aromatic heterocycles. The van der Waals surface area contributed by atoms with E-state index in [0.29, 0.717) is 11.8 Å². The van der Waals surface area contributed by atoms with E-state index in [2.05, 4.69) is 5.10 Å². The maximum absolute atomic E-state index is 12.9. The molecule has 1 aromatic carbocycles. The first-order valence-corrected chi connectivity index (χ1v) is 5.89. The summed E-state index contributed by atoms with van der Waals surface area (Å²) >= 11 is 0. The molecule has 0 aliphatic rings. The monoisotopic (exact) mass is 326 g/mol. The van der Waals surface area contributed by atoms with E-state index >= 15 is 0 Å². The predicted octanol–water partition coefficient (Wildman–Crippen LogP) is -0.495. The summed E-state index contributed by atoms with van der Waals surface area (Å²) in [5, 5.41) is 4.07. The molecule has 0 atom stereocenters. The standard InChI is InChI=1S/C12H12BF4N2O.K/c1-8-5-10(19(2)18-8)7-20-12-4-3-9(14)6-11(12)13(15,16)17;/h3-6H,7H2,1-2H3;/q-1;+1. The topological polar surface area (TPSA) is 27.1 Å². The summed E-state index contributed by atoms with van der Waals surface area (Å²) in [6.07, 6.45) is 0. The molecule has 2 rings (SSSR count). The van der Waals surface area contributed by atoms with Crippen LogP contribution in [0.3, 0.4) is 0 Å². The summed E-state index contributed by atoms with van der Waals surface area (Å²) < 4.78 is 58.1. The number of aromatic nitrogens is 2. The zero-order chi connectivity index (χ0) is 14.9. The number of hydrogen-bond donors (Lipinski definition) is 0. The van der Waals surface area contributed by atoms with Gasteiger partial charge in [-0.05, 0) is 31.2 Å². The van der Waals surface area contributed by atoms with E-state index < -0.39 is 18.3 Å². The molecule has 0 aliphatic heterocycles. The quantitative estimate of drug-likeness (QED) is 0.560. The number of halogens is 4. The Balaban J connectivity index is 0.00000220. The van der Waals surface area contributed by atoms with Gasteiger partial charge in [-0.1, -0.05) is 5.46 Å². The van der Waals surface area contributed by atoms with Crippen molar-refractivity contribution in [2.75, 3.05) is 0 Å². The fourth-order valence-electron chi connectivity index (χ4n) is 1.86. The van der Waals surface area contributed by atoms with E-state index in [0.717, 1.165) is 17.8 Å². The van der Waals surface area contributed by atoms with Crippen molar-refractivity contribution in [3.8, 4) is 5.75 Å². The Morgan fingerprint density at radius 2 is 1.90 bits per heavy atom. The Labute approximate surface area is 162 Å². The van der Waals surface area contributed by atoms with E-state index in [1.54, 1.807) is 20.0 Å². The van der Waals surface area contributed by atoms with Crippen LogP contribution in [0.4, 0.5) is 17.3 Å². The molecule has 0 aliphatic carbocycles. The second-order valence-electron chi connectivity index (χ2n) is 4.45. The van der Waals surface area contributed by atoms with Gasteiger partial charge < -0.3 is 17.7 Å². The van der Waals surface area contributed by atoms with Crippen LogP contribution in [0.1, 0.15) is 11.4 Å². The minimum Gasteiger partial charge on any atom is -0.490 e. The van der Waals surface area contributed by atoms with Crippen molar-refractivity contribution >= 4 is 12.4 Å². The van der Waals surface area contributed by atoms with Crippen LogP contribution >= 0.6 is 0 Å². The molecule has 108 valence electrons. The van der Waals surface area contributed by atoms with Crippen molar-refractivity contribution in [3.05, 3.63) is 41.5 Å². The fourth-order valence-corrected chi connectivity index (χ4v) is 1.86. The van der Waals surface area contributed by atoms with Crippen LogP contribution in [0, 0.1) is 12.7 Å². The summed E-state index contributed by atoms with van der Waals surface area (Å²) in [4.78, 5) is 0. The Morgan fingerprint density at radius 3 is 2.43 bits per heavy atom. The molecule has 0 spiro atoms. The third-order valence-electron chi connectivity index (χ3n) is 2.80. The van der Waals surface area contributed by atoms with Gasteiger partial charge in [-0.2, -0.15) is 5.10 Å². The molecule has 0 radical (unpaired) electrons. The molecule has 0 fully saturated rings. The number of aryl methyl sites for hydroxylation is 2. The van der Waals surface area contributed by atoms with Crippen molar-refractivity contribution in [1.82, 2.24) is 9.78 Å².